The van der Waals surface area contributed by atoms with Crippen molar-refractivity contribution < 1.29 is 29.2 Å². The zero-order valence-electron chi connectivity index (χ0n) is 10.9. The first-order chi connectivity index (χ1) is 9.92. The van der Waals surface area contributed by atoms with Crippen LogP contribution in [0.25, 0.3) is 0 Å². The van der Waals surface area contributed by atoms with Gasteiger partial charge in [0.1, 0.15) is 25.4 Å². The van der Waals surface area contributed by atoms with Gasteiger partial charge in [0.15, 0.2) is 6.23 Å². The maximum Gasteiger partial charge on any atom is 0.353 e. The molecule has 0 spiro atoms. The summed E-state index contributed by atoms with van der Waals surface area (Å²) in [5, 5.41) is 28.2. The Kier molecular flexibility index (Phi) is 4.37. The third-order valence-electron chi connectivity index (χ3n) is 3.02. The Morgan fingerprint density at radius 3 is 2.86 bits per heavy atom. The molecule has 2 heterocycles. The average molecular weight is 302 g/mol. The highest BCUT2D eigenvalue weighted by atomic mass is 19.2. The van der Waals surface area contributed by atoms with Gasteiger partial charge in [-0.05, 0) is 0 Å². The summed E-state index contributed by atoms with van der Waals surface area (Å²) in [6.45, 7) is 2.43. The minimum atomic E-state index is -2.85. The molecule has 0 bridgehead atoms. The van der Waals surface area contributed by atoms with E-state index in [0.717, 1.165) is 4.57 Å². The Morgan fingerprint density at radius 1 is 1.62 bits per heavy atom. The van der Waals surface area contributed by atoms with Crippen molar-refractivity contribution in [2.75, 3.05) is 13.2 Å². The number of aromatic nitrogens is 2. The Labute approximate surface area is 118 Å². The Balaban J connectivity index is 2.27. The molecule has 0 aromatic carbocycles. The molecule has 1 aromatic rings. The van der Waals surface area contributed by atoms with Crippen LogP contribution in [0, 0.1) is 0 Å². The predicted molar refractivity (Wildman–Crippen MR) is 67.2 cm³/mol. The lowest BCUT2D eigenvalue weighted by Gasteiger charge is -2.19. The molecule has 0 radical (unpaired) electrons. The Morgan fingerprint density at radius 2 is 2.33 bits per heavy atom. The predicted octanol–water partition coefficient (Wildman–Crippen LogP) is -1.28. The van der Waals surface area contributed by atoms with Gasteiger partial charge in [-0.15, -0.1) is 0 Å². The topological polar surface area (TPSA) is 114 Å². The fraction of sp³-hybridized carbons (Fsp3) is 0.500. The first-order valence-corrected chi connectivity index (χ1v) is 6.09. The smallest absolute Gasteiger partial charge is 0.353 e. The molecule has 1 aliphatic heterocycles. The molecule has 2 rings (SSSR count). The first kappa shape index (κ1) is 15.6. The number of halogens is 1. The summed E-state index contributed by atoms with van der Waals surface area (Å²) in [6.07, 6.45) is -2.59. The van der Waals surface area contributed by atoms with Crippen molar-refractivity contribution in [2.24, 2.45) is 0 Å². The summed E-state index contributed by atoms with van der Waals surface area (Å²) in [6, 6.07) is 1.31. The summed E-state index contributed by atoms with van der Waals surface area (Å²) in [7, 11) is 0. The fourth-order valence-electron chi connectivity index (χ4n) is 1.92. The lowest BCUT2D eigenvalue weighted by Crippen LogP contribution is -2.42. The van der Waals surface area contributed by atoms with Gasteiger partial charge in [-0.3, -0.25) is 4.57 Å². The highest BCUT2D eigenvalue weighted by Crippen LogP contribution is 2.37. The molecule has 21 heavy (non-hydrogen) atoms. The van der Waals surface area contributed by atoms with E-state index in [1.54, 1.807) is 0 Å². The van der Waals surface area contributed by atoms with Crippen LogP contribution < -0.4 is 10.4 Å². The molecule has 4 atom stereocenters. The SMILES string of the molecule is C=CCOc1ccn([C@@H]2O[C@](F)(CO)[C@@H](O)[C@H]2O)c(=O)n1. The normalized spacial score (nSPS) is 32.1. The van der Waals surface area contributed by atoms with Crippen LogP contribution in [-0.4, -0.2) is 56.1 Å². The summed E-state index contributed by atoms with van der Waals surface area (Å²) in [5.41, 5.74) is -0.866. The zero-order chi connectivity index (χ0) is 15.6. The van der Waals surface area contributed by atoms with E-state index in [4.69, 9.17) is 14.6 Å². The van der Waals surface area contributed by atoms with Crippen LogP contribution in [0.1, 0.15) is 6.23 Å². The van der Waals surface area contributed by atoms with Crippen molar-refractivity contribution in [1.82, 2.24) is 9.55 Å². The van der Waals surface area contributed by atoms with Crippen molar-refractivity contribution >= 4 is 0 Å². The van der Waals surface area contributed by atoms with E-state index in [9.17, 15) is 19.4 Å². The highest BCUT2D eigenvalue weighted by Gasteiger charge is 2.55. The third kappa shape index (κ3) is 2.81. The number of ether oxygens (including phenoxy) is 2. The second-order valence-corrected chi connectivity index (χ2v) is 4.44. The Hall–Kier alpha value is -1.81. The summed E-state index contributed by atoms with van der Waals surface area (Å²) in [5.74, 6) is -2.82. The van der Waals surface area contributed by atoms with Crippen LogP contribution in [0.4, 0.5) is 4.39 Å². The van der Waals surface area contributed by atoms with Gasteiger partial charge in [-0.2, -0.15) is 4.98 Å². The molecule has 0 unspecified atom stereocenters. The van der Waals surface area contributed by atoms with Crippen molar-refractivity contribution in [1.29, 1.82) is 0 Å². The van der Waals surface area contributed by atoms with Gasteiger partial charge >= 0.3 is 5.69 Å². The maximum absolute atomic E-state index is 13.9. The van der Waals surface area contributed by atoms with E-state index >= 15 is 0 Å². The van der Waals surface area contributed by atoms with E-state index in [1.807, 2.05) is 0 Å². The molecular formula is C12H15FN2O6. The molecule has 9 heteroatoms. The lowest BCUT2D eigenvalue weighted by atomic mass is 10.1. The number of nitrogens with zero attached hydrogens (tertiary/aromatic N) is 2. The largest absolute Gasteiger partial charge is 0.473 e. The number of rotatable bonds is 5. The van der Waals surface area contributed by atoms with Gasteiger partial charge in [0.2, 0.25) is 5.88 Å². The minimum Gasteiger partial charge on any atom is -0.473 e. The number of alkyl halides is 1. The molecule has 0 amide bonds. The molecular weight excluding hydrogens is 287 g/mol. The van der Waals surface area contributed by atoms with Gasteiger partial charge in [0, 0.05) is 12.3 Å². The second kappa shape index (κ2) is 5.90. The molecule has 116 valence electrons. The quantitative estimate of drug-likeness (QED) is 0.580. The average Bonchev–Trinajstić information content (AvgIpc) is 2.70. The van der Waals surface area contributed by atoms with Gasteiger partial charge in [0.05, 0.1) is 0 Å². The van der Waals surface area contributed by atoms with Crippen LogP contribution in [-0.2, 0) is 4.74 Å². The molecule has 3 N–H and O–H groups in total. The molecule has 0 aliphatic carbocycles. The van der Waals surface area contributed by atoms with E-state index in [2.05, 4.69) is 11.6 Å². The zero-order valence-corrected chi connectivity index (χ0v) is 10.9. The summed E-state index contributed by atoms with van der Waals surface area (Å²) in [4.78, 5) is 15.4. The van der Waals surface area contributed by atoms with E-state index in [0.29, 0.717) is 0 Å². The van der Waals surface area contributed by atoms with Gasteiger partial charge < -0.3 is 24.8 Å². The number of hydrogen-bond donors (Lipinski definition) is 3. The highest BCUT2D eigenvalue weighted by molar-refractivity contribution is 5.07. The minimum absolute atomic E-state index is 0.0258. The molecule has 1 fully saturated rings. The number of hydrogen-bond acceptors (Lipinski definition) is 7. The lowest BCUT2D eigenvalue weighted by molar-refractivity contribution is -0.207. The molecule has 1 aliphatic rings. The van der Waals surface area contributed by atoms with Crippen molar-refractivity contribution in [3.8, 4) is 5.88 Å². The second-order valence-electron chi connectivity index (χ2n) is 4.44. The van der Waals surface area contributed by atoms with Crippen LogP contribution in [0.3, 0.4) is 0 Å². The van der Waals surface area contributed by atoms with Crippen molar-refractivity contribution in [3.05, 3.63) is 35.4 Å². The van der Waals surface area contributed by atoms with Crippen LogP contribution in [0.5, 0.6) is 5.88 Å². The van der Waals surface area contributed by atoms with Crippen molar-refractivity contribution in [3.63, 3.8) is 0 Å². The van der Waals surface area contributed by atoms with Gasteiger partial charge in [0.25, 0.3) is 5.85 Å². The number of aliphatic hydroxyl groups is 3. The Bertz CT molecular complexity index is 579. The van der Waals surface area contributed by atoms with E-state index < -0.39 is 36.6 Å². The van der Waals surface area contributed by atoms with Gasteiger partial charge in [-0.25, -0.2) is 9.18 Å². The monoisotopic (exact) mass is 302 g/mol. The number of aliphatic hydroxyl groups excluding tert-OH is 3. The van der Waals surface area contributed by atoms with Crippen molar-refractivity contribution in [2.45, 2.75) is 24.3 Å². The molecule has 1 aromatic heterocycles. The first-order valence-electron chi connectivity index (χ1n) is 6.09. The maximum atomic E-state index is 13.9. The van der Waals surface area contributed by atoms with E-state index in [-0.39, 0.29) is 12.5 Å². The van der Waals surface area contributed by atoms with Gasteiger partial charge in [-0.1, -0.05) is 12.7 Å². The summed E-state index contributed by atoms with van der Waals surface area (Å²) < 4.78 is 24.6. The molecule has 1 saturated heterocycles. The standard InChI is InChI=1S/C12H15FN2O6/c1-2-5-20-7-3-4-15(11(19)14-7)10-8(17)9(18)12(13,6-16)21-10/h2-4,8-10,16-18H,1,5-6H2/t8-,9+,10-,12-/m1/s1. The molecule has 8 nitrogen and oxygen atoms in total. The van der Waals surface area contributed by atoms with E-state index in [1.165, 1.54) is 18.3 Å². The van der Waals surface area contributed by atoms with Crippen LogP contribution >= 0.6 is 0 Å². The fourth-order valence-corrected chi connectivity index (χ4v) is 1.92. The van der Waals surface area contributed by atoms with Crippen LogP contribution in [0.15, 0.2) is 29.7 Å². The van der Waals surface area contributed by atoms with Crippen LogP contribution in [0.2, 0.25) is 0 Å². The summed E-state index contributed by atoms with van der Waals surface area (Å²) >= 11 is 0. The molecule has 0 saturated carbocycles. The third-order valence-corrected chi connectivity index (χ3v) is 3.02.